The van der Waals surface area contributed by atoms with Crippen molar-refractivity contribution in [2.24, 2.45) is 0 Å². The van der Waals surface area contributed by atoms with Gasteiger partial charge in [-0.3, -0.25) is 4.79 Å². The summed E-state index contributed by atoms with van der Waals surface area (Å²) in [7, 11) is 0. The lowest BCUT2D eigenvalue weighted by molar-refractivity contribution is -0.132. The Balaban J connectivity index is 1.56. The minimum absolute atomic E-state index is 0.267. The molecular formula is C25H35NO. The molecular weight excluding hydrogens is 330 g/mol. The Morgan fingerprint density at radius 1 is 1.15 bits per heavy atom. The van der Waals surface area contributed by atoms with Crippen molar-refractivity contribution in [3.63, 3.8) is 0 Å². The number of hydrogen-bond donors (Lipinski definition) is 0. The fourth-order valence-corrected chi connectivity index (χ4v) is 4.64. The summed E-state index contributed by atoms with van der Waals surface area (Å²) in [6.45, 7) is 4.10. The van der Waals surface area contributed by atoms with Gasteiger partial charge in [-0.25, -0.2) is 0 Å². The fraction of sp³-hybridized carbons (Fsp3) is 0.560. The van der Waals surface area contributed by atoms with Crippen LogP contribution in [0.2, 0.25) is 0 Å². The lowest BCUT2D eigenvalue weighted by Crippen LogP contribution is -2.45. The Morgan fingerprint density at radius 2 is 1.93 bits per heavy atom. The molecule has 1 amide bonds. The molecule has 1 fully saturated rings. The normalized spacial score (nSPS) is 19.4. The minimum Gasteiger partial charge on any atom is -0.343 e. The molecule has 0 N–H and O–H groups in total. The zero-order chi connectivity index (χ0) is 19.0. The van der Waals surface area contributed by atoms with Crippen molar-refractivity contribution < 1.29 is 4.79 Å². The largest absolute Gasteiger partial charge is 0.343 e. The van der Waals surface area contributed by atoms with Gasteiger partial charge in [0.25, 0.3) is 0 Å². The lowest BCUT2D eigenvalue weighted by atomic mass is 9.69. The number of benzene rings is 1. The highest BCUT2D eigenvalue weighted by Gasteiger charge is 2.36. The second-order valence-electron chi connectivity index (χ2n) is 8.28. The zero-order valence-corrected chi connectivity index (χ0v) is 17.0. The van der Waals surface area contributed by atoms with E-state index in [4.69, 9.17) is 0 Å². The fourth-order valence-electron chi connectivity index (χ4n) is 4.64. The first-order chi connectivity index (χ1) is 13.2. The highest BCUT2D eigenvalue weighted by Crippen LogP contribution is 2.40. The zero-order valence-electron chi connectivity index (χ0n) is 17.0. The standard InChI is InChI=1S/C25H35NO/c1-2-3-17-25(23-13-9-6-10-14-23)18-20-26(21-19-25)24(27)16-15-22-11-7-4-5-8-12-22/h4,6-7,9-11,13-14H,2-3,5,8,12,15-21H2,1H3. The van der Waals surface area contributed by atoms with Crippen LogP contribution in [0.3, 0.4) is 0 Å². The van der Waals surface area contributed by atoms with Crippen molar-refractivity contribution in [2.45, 2.75) is 76.5 Å². The van der Waals surface area contributed by atoms with Gasteiger partial charge in [0.1, 0.15) is 0 Å². The van der Waals surface area contributed by atoms with Crippen molar-refractivity contribution in [3.8, 4) is 0 Å². The molecule has 2 aliphatic rings. The van der Waals surface area contributed by atoms with Crippen LogP contribution in [0.15, 0.2) is 54.1 Å². The molecule has 0 saturated carbocycles. The Labute approximate surface area is 165 Å². The number of rotatable bonds is 7. The van der Waals surface area contributed by atoms with E-state index in [1.165, 1.54) is 43.2 Å². The number of carbonyl (C=O) groups excluding carboxylic acids is 1. The summed E-state index contributed by atoms with van der Waals surface area (Å²) in [6.07, 6.45) is 17.7. The first kappa shape index (κ1) is 19.9. The Kier molecular flexibility index (Phi) is 7.32. The number of carbonyl (C=O) groups is 1. The molecule has 1 aromatic carbocycles. The SMILES string of the molecule is CCCCC1(c2ccccc2)CCN(C(=O)CCC2=CC=CCCC2)CC1. The Hall–Kier alpha value is -1.83. The van der Waals surface area contributed by atoms with Gasteiger partial charge in [-0.15, -0.1) is 0 Å². The molecule has 27 heavy (non-hydrogen) atoms. The second kappa shape index (κ2) is 9.92. The molecule has 146 valence electrons. The van der Waals surface area contributed by atoms with Gasteiger partial charge in [0.15, 0.2) is 0 Å². The van der Waals surface area contributed by atoms with E-state index in [9.17, 15) is 4.79 Å². The minimum atomic E-state index is 0.267. The molecule has 0 atom stereocenters. The summed E-state index contributed by atoms with van der Waals surface area (Å²) in [5, 5.41) is 0. The number of likely N-dealkylation sites (tertiary alicyclic amines) is 1. The van der Waals surface area contributed by atoms with E-state index in [2.05, 4.69) is 60.4 Å². The van der Waals surface area contributed by atoms with Gasteiger partial charge >= 0.3 is 0 Å². The van der Waals surface area contributed by atoms with Crippen molar-refractivity contribution in [3.05, 3.63) is 59.7 Å². The monoisotopic (exact) mass is 365 g/mol. The van der Waals surface area contributed by atoms with Crippen molar-refractivity contribution in [1.29, 1.82) is 0 Å². The number of unbranched alkanes of at least 4 members (excludes halogenated alkanes) is 1. The van der Waals surface area contributed by atoms with E-state index in [1.54, 1.807) is 0 Å². The van der Waals surface area contributed by atoms with Crippen LogP contribution in [-0.2, 0) is 10.2 Å². The maximum atomic E-state index is 12.8. The van der Waals surface area contributed by atoms with Gasteiger partial charge in [0, 0.05) is 19.5 Å². The average molecular weight is 366 g/mol. The number of allylic oxidation sites excluding steroid dienone is 4. The smallest absolute Gasteiger partial charge is 0.222 e. The molecule has 1 aromatic rings. The van der Waals surface area contributed by atoms with Gasteiger partial charge in [0.2, 0.25) is 5.91 Å². The molecule has 3 rings (SSSR count). The predicted octanol–water partition coefficient (Wildman–Crippen LogP) is 6.18. The Bertz CT molecular complexity index is 650. The lowest BCUT2D eigenvalue weighted by Gasteiger charge is -2.42. The highest BCUT2D eigenvalue weighted by molar-refractivity contribution is 5.76. The summed E-state index contributed by atoms with van der Waals surface area (Å²) in [4.78, 5) is 14.9. The molecule has 2 heteroatoms. The maximum absolute atomic E-state index is 12.8. The van der Waals surface area contributed by atoms with E-state index in [0.29, 0.717) is 12.3 Å². The van der Waals surface area contributed by atoms with Crippen LogP contribution in [0.4, 0.5) is 0 Å². The summed E-state index contributed by atoms with van der Waals surface area (Å²) >= 11 is 0. The Morgan fingerprint density at radius 3 is 2.67 bits per heavy atom. The molecule has 0 spiro atoms. The molecule has 1 aliphatic heterocycles. The van der Waals surface area contributed by atoms with Gasteiger partial charge in [-0.05, 0) is 55.9 Å². The molecule has 0 bridgehead atoms. The number of nitrogens with zero attached hydrogens (tertiary/aromatic N) is 1. The van der Waals surface area contributed by atoms with E-state index >= 15 is 0 Å². The van der Waals surface area contributed by atoms with Crippen LogP contribution in [0.5, 0.6) is 0 Å². The van der Waals surface area contributed by atoms with Crippen LogP contribution < -0.4 is 0 Å². The summed E-state index contributed by atoms with van der Waals surface area (Å²) < 4.78 is 0. The van der Waals surface area contributed by atoms with Crippen LogP contribution in [-0.4, -0.2) is 23.9 Å². The summed E-state index contributed by atoms with van der Waals surface area (Å²) in [6, 6.07) is 11.0. The van der Waals surface area contributed by atoms with Gasteiger partial charge in [-0.1, -0.05) is 73.9 Å². The van der Waals surface area contributed by atoms with Gasteiger partial charge < -0.3 is 4.90 Å². The van der Waals surface area contributed by atoms with Gasteiger partial charge in [0.05, 0.1) is 0 Å². The van der Waals surface area contributed by atoms with Crippen LogP contribution in [0.1, 0.15) is 76.7 Å². The van der Waals surface area contributed by atoms with E-state index in [0.717, 1.165) is 38.8 Å². The van der Waals surface area contributed by atoms with Gasteiger partial charge in [-0.2, -0.15) is 0 Å². The van der Waals surface area contributed by atoms with Crippen LogP contribution in [0, 0.1) is 0 Å². The summed E-state index contributed by atoms with van der Waals surface area (Å²) in [5.41, 5.74) is 3.18. The number of hydrogen-bond acceptors (Lipinski definition) is 1. The molecule has 2 nitrogen and oxygen atoms in total. The number of amides is 1. The topological polar surface area (TPSA) is 20.3 Å². The van der Waals surface area contributed by atoms with Crippen LogP contribution in [0.25, 0.3) is 0 Å². The predicted molar refractivity (Wildman–Crippen MR) is 114 cm³/mol. The quantitative estimate of drug-likeness (QED) is 0.564. The van der Waals surface area contributed by atoms with Crippen molar-refractivity contribution in [2.75, 3.05) is 13.1 Å². The first-order valence-electron chi connectivity index (χ1n) is 10.9. The second-order valence-corrected chi connectivity index (χ2v) is 8.28. The maximum Gasteiger partial charge on any atom is 0.222 e. The van der Waals surface area contributed by atoms with Crippen LogP contribution >= 0.6 is 0 Å². The molecule has 1 aliphatic carbocycles. The number of piperidine rings is 1. The van der Waals surface area contributed by atoms with Crippen molar-refractivity contribution in [1.82, 2.24) is 4.90 Å². The molecule has 0 unspecified atom stereocenters. The van der Waals surface area contributed by atoms with Crippen molar-refractivity contribution >= 4 is 5.91 Å². The third-order valence-electron chi connectivity index (χ3n) is 6.46. The highest BCUT2D eigenvalue weighted by atomic mass is 16.2. The molecule has 0 radical (unpaired) electrons. The van der Waals surface area contributed by atoms with E-state index in [1.807, 2.05) is 0 Å². The summed E-state index contributed by atoms with van der Waals surface area (Å²) in [5.74, 6) is 0.348. The molecule has 1 saturated heterocycles. The first-order valence-corrected chi connectivity index (χ1v) is 10.9. The molecule has 1 heterocycles. The third-order valence-corrected chi connectivity index (χ3v) is 6.46. The van der Waals surface area contributed by atoms with E-state index in [-0.39, 0.29) is 5.41 Å². The van der Waals surface area contributed by atoms with E-state index < -0.39 is 0 Å². The third kappa shape index (κ3) is 5.34. The average Bonchev–Trinajstić information content (AvgIpc) is 3.00. The molecule has 0 aromatic heterocycles.